The first-order valence-corrected chi connectivity index (χ1v) is 8.19. The van der Waals surface area contributed by atoms with Crippen LogP contribution in [0.3, 0.4) is 0 Å². The van der Waals surface area contributed by atoms with Gasteiger partial charge in [-0.3, -0.25) is 0 Å². The lowest BCUT2D eigenvalue weighted by molar-refractivity contribution is 0.278. The molecule has 0 spiro atoms. The van der Waals surface area contributed by atoms with E-state index in [1.54, 1.807) is 0 Å². The number of nitrogens with zero attached hydrogens (tertiary/aromatic N) is 1. The maximum absolute atomic E-state index is 4.55. The van der Waals surface area contributed by atoms with Gasteiger partial charge >= 0.3 is 0 Å². The van der Waals surface area contributed by atoms with Gasteiger partial charge in [0.05, 0.1) is 0 Å². The Kier molecular flexibility index (Phi) is 5.06. The summed E-state index contributed by atoms with van der Waals surface area (Å²) in [6, 6.07) is 4.32. The molecule has 1 heterocycles. The molecule has 2 heteroatoms. The average molecular weight is 274 g/mol. The van der Waals surface area contributed by atoms with Gasteiger partial charge in [-0.05, 0) is 41.7 Å². The third-order valence-corrected chi connectivity index (χ3v) is 4.75. The highest BCUT2D eigenvalue weighted by Gasteiger charge is 2.20. The van der Waals surface area contributed by atoms with Crippen LogP contribution in [-0.4, -0.2) is 11.5 Å². The highest BCUT2D eigenvalue weighted by Crippen LogP contribution is 2.30. The molecule has 0 saturated heterocycles. The van der Waals surface area contributed by atoms with Gasteiger partial charge in [-0.1, -0.05) is 53.0 Å². The van der Waals surface area contributed by atoms with E-state index in [1.165, 1.54) is 37.7 Å². The molecule has 0 amide bonds. The van der Waals surface area contributed by atoms with Gasteiger partial charge in [0.25, 0.3) is 0 Å². The minimum absolute atomic E-state index is 0.185. The summed E-state index contributed by atoms with van der Waals surface area (Å²) in [6.45, 7) is 10.1. The topological polar surface area (TPSA) is 24.9 Å². The van der Waals surface area contributed by atoms with E-state index in [4.69, 9.17) is 0 Å². The smallest absolute Gasteiger partial charge is 0.125 e. The van der Waals surface area contributed by atoms with E-state index in [9.17, 15) is 0 Å². The third-order valence-electron chi connectivity index (χ3n) is 4.75. The van der Waals surface area contributed by atoms with Gasteiger partial charge in [0.2, 0.25) is 0 Å². The van der Waals surface area contributed by atoms with Crippen molar-refractivity contribution in [2.24, 2.45) is 11.8 Å². The van der Waals surface area contributed by atoms with Crippen LogP contribution in [0.15, 0.2) is 18.3 Å². The zero-order chi connectivity index (χ0) is 14.6. The first kappa shape index (κ1) is 15.3. The summed E-state index contributed by atoms with van der Waals surface area (Å²) in [5.74, 6) is 2.84. The van der Waals surface area contributed by atoms with Crippen molar-refractivity contribution in [3.63, 3.8) is 0 Å². The molecule has 1 aliphatic carbocycles. The number of hydrogen-bond donors (Lipinski definition) is 1. The Morgan fingerprint density at radius 1 is 1.10 bits per heavy atom. The van der Waals surface area contributed by atoms with E-state index < -0.39 is 0 Å². The fraction of sp³-hybridized carbons (Fsp3) is 0.722. The Labute approximate surface area is 124 Å². The molecule has 2 nitrogen and oxygen atoms in total. The second kappa shape index (κ2) is 6.60. The van der Waals surface area contributed by atoms with Crippen molar-refractivity contribution in [1.29, 1.82) is 0 Å². The summed E-state index contributed by atoms with van der Waals surface area (Å²) in [5.41, 5.74) is 1.48. The molecule has 0 aromatic carbocycles. The summed E-state index contributed by atoms with van der Waals surface area (Å²) in [5, 5.41) is 3.51. The lowest BCUT2D eigenvalue weighted by atomic mass is 9.81. The van der Waals surface area contributed by atoms with Crippen LogP contribution >= 0.6 is 0 Å². The fourth-order valence-electron chi connectivity index (χ4n) is 3.03. The molecule has 1 fully saturated rings. The van der Waals surface area contributed by atoms with Crippen molar-refractivity contribution < 1.29 is 0 Å². The van der Waals surface area contributed by atoms with Crippen LogP contribution in [-0.2, 0) is 5.41 Å². The number of pyridine rings is 1. The minimum Gasteiger partial charge on any atom is -0.370 e. The van der Waals surface area contributed by atoms with Gasteiger partial charge in [-0.25, -0.2) is 4.98 Å². The lowest BCUT2D eigenvalue weighted by Crippen LogP contribution is -2.21. The van der Waals surface area contributed by atoms with E-state index in [1.807, 2.05) is 6.20 Å². The number of rotatable bonds is 4. The molecular weight excluding hydrogens is 244 g/mol. The number of hydrogen-bond acceptors (Lipinski definition) is 2. The summed E-state index contributed by atoms with van der Waals surface area (Å²) in [6.07, 6.45) is 8.96. The zero-order valence-corrected chi connectivity index (χ0v) is 13.6. The molecule has 2 rings (SSSR count). The average Bonchev–Trinajstić information content (AvgIpc) is 2.45. The lowest BCUT2D eigenvalue weighted by Gasteiger charge is -2.28. The molecule has 0 aliphatic heterocycles. The molecule has 0 radical (unpaired) electrons. The Morgan fingerprint density at radius 2 is 1.75 bits per heavy atom. The number of nitrogens with one attached hydrogen (secondary N) is 1. The van der Waals surface area contributed by atoms with E-state index in [-0.39, 0.29) is 5.41 Å². The van der Waals surface area contributed by atoms with Crippen molar-refractivity contribution in [3.05, 3.63) is 23.9 Å². The van der Waals surface area contributed by atoms with Crippen LogP contribution in [0.2, 0.25) is 0 Å². The van der Waals surface area contributed by atoms with Gasteiger partial charge < -0.3 is 5.32 Å². The molecule has 0 unspecified atom stereocenters. The Balaban J connectivity index is 1.80. The monoisotopic (exact) mass is 274 g/mol. The molecule has 20 heavy (non-hydrogen) atoms. The summed E-state index contributed by atoms with van der Waals surface area (Å²) >= 11 is 0. The van der Waals surface area contributed by atoms with Crippen molar-refractivity contribution in [1.82, 2.24) is 4.98 Å². The van der Waals surface area contributed by atoms with Crippen molar-refractivity contribution >= 4 is 5.82 Å². The van der Waals surface area contributed by atoms with Crippen LogP contribution in [0, 0.1) is 11.8 Å². The molecule has 1 N–H and O–H groups in total. The van der Waals surface area contributed by atoms with Gasteiger partial charge in [0.15, 0.2) is 0 Å². The molecular formula is C18H30N2. The van der Waals surface area contributed by atoms with Crippen molar-refractivity contribution in [2.45, 2.75) is 65.2 Å². The highest BCUT2D eigenvalue weighted by molar-refractivity contribution is 5.37. The van der Waals surface area contributed by atoms with Gasteiger partial charge in [0.1, 0.15) is 5.82 Å². The van der Waals surface area contributed by atoms with E-state index in [0.717, 1.165) is 24.2 Å². The van der Waals surface area contributed by atoms with Crippen molar-refractivity contribution in [2.75, 3.05) is 11.9 Å². The maximum Gasteiger partial charge on any atom is 0.125 e. The standard InChI is InChI=1S/C18H30N2/c1-5-14-6-8-15(9-7-14)12-19-17-11-10-16(13-20-17)18(2,3)4/h10-11,13-15H,5-9,12H2,1-4H3,(H,19,20). The van der Waals surface area contributed by atoms with Gasteiger partial charge in [-0.15, -0.1) is 0 Å². The molecule has 1 aliphatic rings. The second-order valence-electron chi connectivity index (χ2n) is 7.36. The Morgan fingerprint density at radius 3 is 2.25 bits per heavy atom. The molecule has 0 atom stereocenters. The van der Waals surface area contributed by atoms with E-state index in [2.05, 4.69) is 50.1 Å². The summed E-state index contributed by atoms with van der Waals surface area (Å²) < 4.78 is 0. The molecule has 0 bridgehead atoms. The van der Waals surface area contributed by atoms with Crippen molar-refractivity contribution in [3.8, 4) is 0 Å². The SMILES string of the molecule is CCC1CCC(CNc2ccc(C(C)(C)C)cn2)CC1. The molecule has 1 aromatic rings. The largest absolute Gasteiger partial charge is 0.370 e. The molecule has 1 aromatic heterocycles. The fourth-order valence-corrected chi connectivity index (χ4v) is 3.03. The number of aromatic nitrogens is 1. The van der Waals surface area contributed by atoms with E-state index in [0.29, 0.717) is 0 Å². The minimum atomic E-state index is 0.185. The predicted molar refractivity (Wildman–Crippen MR) is 87.2 cm³/mol. The van der Waals surface area contributed by atoms with Gasteiger partial charge in [-0.2, -0.15) is 0 Å². The van der Waals surface area contributed by atoms with Crippen LogP contribution in [0.1, 0.15) is 65.4 Å². The van der Waals surface area contributed by atoms with Crippen LogP contribution in [0.5, 0.6) is 0 Å². The quantitative estimate of drug-likeness (QED) is 0.835. The molecule has 112 valence electrons. The first-order chi connectivity index (χ1) is 9.49. The predicted octanol–water partition coefficient (Wildman–Crippen LogP) is 5.01. The van der Waals surface area contributed by atoms with Gasteiger partial charge in [0, 0.05) is 12.7 Å². The third kappa shape index (κ3) is 4.22. The second-order valence-corrected chi connectivity index (χ2v) is 7.36. The van der Waals surface area contributed by atoms with E-state index >= 15 is 0 Å². The summed E-state index contributed by atoms with van der Waals surface area (Å²) in [4.78, 5) is 4.55. The normalized spacial score (nSPS) is 23.6. The Hall–Kier alpha value is -1.05. The van der Waals surface area contributed by atoms with Crippen LogP contribution in [0.25, 0.3) is 0 Å². The molecule has 1 saturated carbocycles. The van der Waals surface area contributed by atoms with Crippen LogP contribution < -0.4 is 5.32 Å². The Bertz CT molecular complexity index is 394. The zero-order valence-electron chi connectivity index (χ0n) is 13.6. The van der Waals surface area contributed by atoms with Crippen LogP contribution in [0.4, 0.5) is 5.82 Å². The first-order valence-electron chi connectivity index (χ1n) is 8.19. The highest BCUT2D eigenvalue weighted by atomic mass is 15.0. The number of anilines is 1. The maximum atomic E-state index is 4.55. The summed E-state index contributed by atoms with van der Waals surface area (Å²) in [7, 11) is 0.